The topological polar surface area (TPSA) is 71.1 Å². The van der Waals surface area contributed by atoms with Crippen molar-refractivity contribution >= 4 is 22.7 Å². The maximum Gasteiger partial charge on any atom is 0.252 e. The lowest BCUT2D eigenvalue weighted by atomic mass is 10.0. The van der Waals surface area contributed by atoms with Gasteiger partial charge in [-0.2, -0.15) is 0 Å². The van der Waals surface area contributed by atoms with Crippen LogP contribution in [0, 0.1) is 6.92 Å². The van der Waals surface area contributed by atoms with E-state index in [1.165, 1.54) is 0 Å². The van der Waals surface area contributed by atoms with Crippen LogP contribution in [-0.4, -0.2) is 29.4 Å². The molecule has 0 radical (unpaired) electrons. The Balaban J connectivity index is 1.96. The fourth-order valence-electron chi connectivity index (χ4n) is 2.98. The van der Waals surface area contributed by atoms with Gasteiger partial charge in [0.2, 0.25) is 5.91 Å². The van der Waals surface area contributed by atoms with Crippen LogP contribution in [0.3, 0.4) is 0 Å². The molecule has 28 heavy (non-hydrogen) atoms. The zero-order chi connectivity index (χ0) is 20.1. The van der Waals surface area contributed by atoms with E-state index in [4.69, 9.17) is 4.98 Å². The molecule has 3 rings (SSSR count). The number of aromatic nitrogens is 1. The Kier molecular flexibility index (Phi) is 6.04. The maximum absolute atomic E-state index is 13.0. The molecule has 1 heterocycles. The summed E-state index contributed by atoms with van der Waals surface area (Å²) in [4.78, 5) is 29.8. The molecule has 0 bridgehead atoms. The number of rotatable bonds is 6. The predicted molar refractivity (Wildman–Crippen MR) is 112 cm³/mol. The summed E-state index contributed by atoms with van der Waals surface area (Å²) >= 11 is 0. The van der Waals surface area contributed by atoms with Gasteiger partial charge in [-0.3, -0.25) is 9.59 Å². The number of carbonyl (C=O) groups is 2. The number of para-hydroxylation sites is 1. The summed E-state index contributed by atoms with van der Waals surface area (Å²) in [6.07, 6.45) is 0.849. The van der Waals surface area contributed by atoms with Crippen molar-refractivity contribution in [3.63, 3.8) is 0 Å². The Morgan fingerprint density at radius 2 is 1.79 bits per heavy atom. The van der Waals surface area contributed by atoms with Crippen LogP contribution >= 0.6 is 0 Å². The summed E-state index contributed by atoms with van der Waals surface area (Å²) < 4.78 is 0. The highest BCUT2D eigenvalue weighted by Gasteiger charge is 2.19. The van der Waals surface area contributed by atoms with Gasteiger partial charge >= 0.3 is 0 Å². The minimum absolute atomic E-state index is 0.188. The second-order valence-electron chi connectivity index (χ2n) is 6.92. The first kappa shape index (κ1) is 19.5. The van der Waals surface area contributed by atoms with Crippen molar-refractivity contribution in [2.75, 3.05) is 6.54 Å². The van der Waals surface area contributed by atoms with Gasteiger partial charge in [-0.05, 0) is 32.4 Å². The van der Waals surface area contributed by atoms with Crippen molar-refractivity contribution in [2.45, 2.75) is 33.2 Å². The molecule has 5 nitrogen and oxygen atoms in total. The number of hydrogen-bond acceptors (Lipinski definition) is 3. The van der Waals surface area contributed by atoms with Gasteiger partial charge in [0.15, 0.2) is 0 Å². The number of fused-ring (bicyclic) bond motifs is 1. The normalized spacial score (nSPS) is 11.8. The fraction of sp³-hybridized carbons (Fsp3) is 0.261. The maximum atomic E-state index is 13.0. The van der Waals surface area contributed by atoms with E-state index in [9.17, 15) is 9.59 Å². The fourth-order valence-corrected chi connectivity index (χ4v) is 2.98. The Hall–Kier alpha value is -3.21. The van der Waals surface area contributed by atoms with E-state index in [0.29, 0.717) is 12.1 Å². The van der Waals surface area contributed by atoms with E-state index in [2.05, 4.69) is 10.6 Å². The number of amides is 2. The average molecular weight is 375 g/mol. The van der Waals surface area contributed by atoms with Crippen molar-refractivity contribution in [2.24, 2.45) is 0 Å². The second-order valence-corrected chi connectivity index (χ2v) is 6.92. The first-order valence-corrected chi connectivity index (χ1v) is 9.55. The second kappa shape index (κ2) is 8.65. The van der Waals surface area contributed by atoms with Crippen LogP contribution < -0.4 is 10.6 Å². The van der Waals surface area contributed by atoms with E-state index in [1.807, 2.05) is 62.4 Å². The number of nitrogens with one attached hydrogen (secondary N) is 2. The highest BCUT2D eigenvalue weighted by Crippen LogP contribution is 2.25. The van der Waals surface area contributed by atoms with Crippen LogP contribution in [0.25, 0.3) is 22.2 Å². The quantitative estimate of drug-likeness (QED) is 0.687. The molecule has 144 valence electrons. The van der Waals surface area contributed by atoms with Crippen molar-refractivity contribution in [1.29, 1.82) is 0 Å². The number of nitrogens with zero attached hydrogens (tertiary/aromatic N) is 1. The summed E-state index contributed by atoms with van der Waals surface area (Å²) in [5, 5.41) is 6.37. The van der Waals surface area contributed by atoms with Crippen LogP contribution in [0.4, 0.5) is 0 Å². The molecule has 2 aromatic carbocycles. The SMILES string of the molecule is CCCNC(=O)[C@@H](C)NC(=O)c1cc(-c2ccc(C)cc2)nc2ccccc12. The Morgan fingerprint density at radius 3 is 2.50 bits per heavy atom. The standard InChI is InChI=1S/C23H25N3O2/c1-4-13-24-22(27)16(3)25-23(28)19-14-21(17-11-9-15(2)10-12-17)26-20-8-6-5-7-18(19)20/h5-12,14,16H,4,13H2,1-3H3,(H,24,27)(H,25,28)/t16-/m1/s1. The lowest BCUT2D eigenvalue weighted by Gasteiger charge is -2.15. The molecule has 0 saturated heterocycles. The Morgan fingerprint density at radius 1 is 1.07 bits per heavy atom. The zero-order valence-electron chi connectivity index (χ0n) is 16.5. The molecular formula is C23H25N3O2. The Bertz CT molecular complexity index is 996. The van der Waals surface area contributed by atoms with E-state index < -0.39 is 6.04 Å². The lowest BCUT2D eigenvalue weighted by molar-refractivity contribution is -0.122. The van der Waals surface area contributed by atoms with Gasteiger partial charge < -0.3 is 10.6 Å². The van der Waals surface area contributed by atoms with Crippen molar-refractivity contribution in [3.05, 3.63) is 65.7 Å². The molecule has 0 aliphatic heterocycles. The number of carbonyl (C=O) groups excluding carboxylic acids is 2. The third-order valence-corrected chi connectivity index (χ3v) is 4.60. The monoisotopic (exact) mass is 375 g/mol. The highest BCUT2D eigenvalue weighted by molar-refractivity contribution is 6.08. The van der Waals surface area contributed by atoms with E-state index in [-0.39, 0.29) is 11.8 Å². The van der Waals surface area contributed by atoms with Crippen LogP contribution in [0.5, 0.6) is 0 Å². The molecule has 0 spiro atoms. The minimum atomic E-state index is -0.617. The lowest BCUT2D eigenvalue weighted by Crippen LogP contribution is -2.45. The smallest absolute Gasteiger partial charge is 0.252 e. The Labute approximate surface area is 165 Å². The number of aryl methyl sites for hydroxylation is 1. The molecule has 0 fully saturated rings. The largest absolute Gasteiger partial charge is 0.354 e. The van der Waals surface area contributed by atoms with Crippen molar-refractivity contribution in [3.8, 4) is 11.3 Å². The summed E-state index contributed by atoms with van der Waals surface area (Å²) in [5.74, 6) is -0.474. The molecule has 0 aliphatic carbocycles. The molecule has 1 aromatic heterocycles. The van der Waals surface area contributed by atoms with Crippen molar-refractivity contribution < 1.29 is 9.59 Å². The number of hydrogen-bond donors (Lipinski definition) is 2. The van der Waals surface area contributed by atoms with Gasteiger partial charge in [0.1, 0.15) is 6.04 Å². The van der Waals surface area contributed by atoms with Gasteiger partial charge in [-0.25, -0.2) is 4.98 Å². The van der Waals surface area contributed by atoms with E-state index in [1.54, 1.807) is 13.0 Å². The zero-order valence-corrected chi connectivity index (χ0v) is 16.5. The summed E-state index contributed by atoms with van der Waals surface area (Å²) in [6.45, 7) is 6.29. The first-order valence-electron chi connectivity index (χ1n) is 9.55. The first-order chi connectivity index (χ1) is 13.5. The number of benzene rings is 2. The van der Waals surface area contributed by atoms with Gasteiger partial charge in [-0.1, -0.05) is 55.0 Å². The summed E-state index contributed by atoms with van der Waals surface area (Å²) in [5.41, 5.74) is 4.09. The van der Waals surface area contributed by atoms with Crippen LogP contribution in [-0.2, 0) is 4.79 Å². The molecule has 5 heteroatoms. The molecule has 1 atom stereocenters. The van der Waals surface area contributed by atoms with Gasteiger partial charge in [0.05, 0.1) is 16.8 Å². The summed E-state index contributed by atoms with van der Waals surface area (Å²) in [6, 6.07) is 16.7. The summed E-state index contributed by atoms with van der Waals surface area (Å²) in [7, 11) is 0. The molecule has 2 amide bonds. The van der Waals surface area contributed by atoms with Crippen molar-refractivity contribution in [1.82, 2.24) is 15.6 Å². The molecule has 0 unspecified atom stereocenters. The predicted octanol–water partition coefficient (Wildman–Crippen LogP) is 3.85. The van der Waals surface area contributed by atoms with E-state index >= 15 is 0 Å². The number of pyridine rings is 1. The third-order valence-electron chi connectivity index (χ3n) is 4.60. The van der Waals surface area contributed by atoms with Crippen LogP contribution in [0.15, 0.2) is 54.6 Å². The molecule has 0 saturated carbocycles. The molecule has 3 aromatic rings. The third kappa shape index (κ3) is 4.36. The van der Waals surface area contributed by atoms with Gasteiger partial charge in [0, 0.05) is 17.5 Å². The van der Waals surface area contributed by atoms with Gasteiger partial charge in [-0.15, -0.1) is 0 Å². The van der Waals surface area contributed by atoms with Crippen LogP contribution in [0.2, 0.25) is 0 Å². The molecular weight excluding hydrogens is 350 g/mol. The van der Waals surface area contributed by atoms with E-state index in [0.717, 1.165) is 34.1 Å². The van der Waals surface area contributed by atoms with Crippen LogP contribution in [0.1, 0.15) is 36.2 Å². The molecule has 0 aliphatic rings. The average Bonchev–Trinajstić information content (AvgIpc) is 2.71. The molecule has 2 N–H and O–H groups in total. The van der Waals surface area contributed by atoms with Gasteiger partial charge in [0.25, 0.3) is 5.91 Å². The minimum Gasteiger partial charge on any atom is -0.354 e. The highest BCUT2D eigenvalue weighted by atomic mass is 16.2.